The average Bonchev–Trinajstić information content (AvgIpc) is 2.43. The second kappa shape index (κ2) is 5.90. The van der Waals surface area contributed by atoms with E-state index in [0.717, 1.165) is 18.8 Å². The van der Waals surface area contributed by atoms with Gasteiger partial charge in [0.1, 0.15) is 0 Å². The largest absolute Gasteiger partial charge is 0.399 e. The molecule has 0 aromatic heterocycles. The predicted molar refractivity (Wildman–Crippen MR) is 89.3 cm³/mol. The quantitative estimate of drug-likeness (QED) is 0.844. The summed E-state index contributed by atoms with van der Waals surface area (Å²) in [5.74, 6) is 0.685. The van der Waals surface area contributed by atoms with Crippen molar-refractivity contribution in [2.24, 2.45) is 0 Å². The van der Waals surface area contributed by atoms with E-state index in [9.17, 15) is 0 Å². The van der Waals surface area contributed by atoms with Crippen LogP contribution in [-0.2, 0) is 13.0 Å². The number of anilines is 1. The normalized spacial score (nSPS) is 16.9. The van der Waals surface area contributed by atoms with Crippen LogP contribution in [0.4, 0.5) is 5.69 Å². The molecule has 0 aliphatic heterocycles. The zero-order valence-electron chi connectivity index (χ0n) is 12.9. The molecule has 21 heavy (non-hydrogen) atoms. The smallest absolute Gasteiger partial charge is 0.0317 e. The molecule has 1 aliphatic carbocycles. The Bertz CT molecular complexity index is 618. The van der Waals surface area contributed by atoms with Crippen LogP contribution in [0, 0.1) is 0 Å². The highest BCUT2D eigenvalue weighted by atomic mass is 15.1. The molecule has 110 valence electrons. The molecule has 1 atom stereocenters. The van der Waals surface area contributed by atoms with Gasteiger partial charge in [0.2, 0.25) is 0 Å². The lowest BCUT2D eigenvalue weighted by Gasteiger charge is -2.36. The fourth-order valence-electron chi connectivity index (χ4n) is 3.19. The van der Waals surface area contributed by atoms with Gasteiger partial charge in [-0.25, -0.2) is 0 Å². The van der Waals surface area contributed by atoms with Crippen LogP contribution < -0.4 is 5.73 Å². The van der Waals surface area contributed by atoms with Gasteiger partial charge in [-0.2, -0.15) is 0 Å². The van der Waals surface area contributed by atoms with Crippen LogP contribution in [0.2, 0.25) is 0 Å². The highest BCUT2D eigenvalue weighted by Gasteiger charge is 2.28. The summed E-state index contributed by atoms with van der Waals surface area (Å²) in [4.78, 5) is 2.55. The summed E-state index contributed by atoms with van der Waals surface area (Å²) in [6.45, 7) is 6.65. The van der Waals surface area contributed by atoms with Crippen molar-refractivity contribution in [3.05, 3.63) is 65.2 Å². The van der Waals surface area contributed by atoms with E-state index < -0.39 is 0 Å². The zero-order chi connectivity index (χ0) is 14.8. The van der Waals surface area contributed by atoms with Gasteiger partial charge in [0.15, 0.2) is 0 Å². The van der Waals surface area contributed by atoms with Gasteiger partial charge in [-0.05, 0) is 49.1 Å². The molecule has 0 amide bonds. The second-order valence-electron chi connectivity index (χ2n) is 6.37. The number of hydrogen-bond donors (Lipinski definition) is 1. The molecular formula is C19H24N2. The van der Waals surface area contributed by atoms with Crippen LogP contribution in [0.25, 0.3) is 0 Å². The van der Waals surface area contributed by atoms with Crippen molar-refractivity contribution in [3.8, 4) is 0 Å². The van der Waals surface area contributed by atoms with Gasteiger partial charge in [-0.1, -0.05) is 36.4 Å². The molecule has 0 radical (unpaired) electrons. The molecule has 1 aliphatic rings. The number of hydrogen-bond acceptors (Lipinski definition) is 2. The molecular weight excluding hydrogens is 256 g/mol. The molecule has 2 aromatic carbocycles. The van der Waals surface area contributed by atoms with E-state index in [1.807, 2.05) is 12.1 Å². The Morgan fingerprint density at radius 3 is 2.67 bits per heavy atom. The van der Waals surface area contributed by atoms with E-state index in [4.69, 9.17) is 5.73 Å². The molecule has 2 aromatic rings. The topological polar surface area (TPSA) is 29.3 Å². The maximum atomic E-state index is 5.89. The van der Waals surface area contributed by atoms with Crippen LogP contribution >= 0.6 is 0 Å². The van der Waals surface area contributed by atoms with Crippen molar-refractivity contribution in [2.45, 2.75) is 38.8 Å². The van der Waals surface area contributed by atoms with Crippen molar-refractivity contribution in [2.75, 3.05) is 12.3 Å². The standard InChI is InChI=1S/C19H24N2/c1-14(2)21(12-15-6-5-8-18(20)10-15)13-17-11-16-7-3-4-9-19(16)17/h3-10,14,17H,11-13,20H2,1-2H3. The summed E-state index contributed by atoms with van der Waals surface area (Å²) in [6, 6.07) is 17.6. The average molecular weight is 280 g/mol. The lowest BCUT2D eigenvalue weighted by Crippen LogP contribution is -2.37. The predicted octanol–water partition coefficient (Wildman–Crippen LogP) is 3.82. The van der Waals surface area contributed by atoms with E-state index in [1.165, 1.54) is 23.1 Å². The van der Waals surface area contributed by atoms with Crippen LogP contribution in [-0.4, -0.2) is 17.5 Å². The first kappa shape index (κ1) is 14.2. The van der Waals surface area contributed by atoms with Gasteiger partial charge in [0, 0.05) is 30.7 Å². The van der Waals surface area contributed by atoms with Crippen LogP contribution in [0.3, 0.4) is 0 Å². The van der Waals surface area contributed by atoms with Gasteiger partial charge in [-0.15, -0.1) is 0 Å². The molecule has 3 rings (SSSR count). The SMILES string of the molecule is CC(C)N(Cc1cccc(N)c1)CC1Cc2ccccc21. The third-order valence-corrected chi connectivity index (χ3v) is 4.48. The minimum atomic E-state index is 0.541. The van der Waals surface area contributed by atoms with Crippen molar-refractivity contribution in [1.82, 2.24) is 4.90 Å². The molecule has 0 fully saturated rings. The van der Waals surface area contributed by atoms with Crippen molar-refractivity contribution >= 4 is 5.69 Å². The Kier molecular flexibility index (Phi) is 3.98. The summed E-state index contributed by atoms with van der Waals surface area (Å²) in [7, 11) is 0. The summed E-state index contributed by atoms with van der Waals surface area (Å²) < 4.78 is 0. The number of benzene rings is 2. The van der Waals surface area contributed by atoms with E-state index >= 15 is 0 Å². The maximum absolute atomic E-state index is 5.89. The van der Waals surface area contributed by atoms with Gasteiger partial charge < -0.3 is 5.73 Å². The first-order valence-electron chi connectivity index (χ1n) is 7.80. The summed E-state index contributed by atoms with van der Waals surface area (Å²) in [5, 5.41) is 0. The lowest BCUT2D eigenvalue weighted by molar-refractivity contribution is 0.192. The Morgan fingerprint density at radius 2 is 1.95 bits per heavy atom. The Balaban J connectivity index is 1.69. The first-order valence-corrected chi connectivity index (χ1v) is 7.80. The summed E-state index contributed by atoms with van der Waals surface area (Å²) >= 11 is 0. The number of nitrogen functional groups attached to an aromatic ring is 1. The number of fused-ring (bicyclic) bond motifs is 1. The number of rotatable bonds is 5. The molecule has 2 nitrogen and oxygen atoms in total. The van der Waals surface area contributed by atoms with Gasteiger partial charge in [0.25, 0.3) is 0 Å². The van der Waals surface area contributed by atoms with E-state index in [-0.39, 0.29) is 0 Å². The van der Waals surface area contributed by atoms with E-state index in [2.05, 4.69) is 55.1 Å². The third kappa shape index (κ3) is 3.11. The van der Waals surface area contributed by atoms with Crippen LogP contribution in [0.15, 0.2) is 48.5 Å². The Hall–Kier alpha value is -1.80. The van der Waals surface area contributed by atoms with Gasteiger partial charge in [-0.3, -0.25) is 4.90 Å². The van der Waals surface area contributed by atoms with E-state index in [1.54, 1.807) is 0 Å². The fraction of sp³-hybridized carbons (Fsp3) is 0.368. The molecule has 2 heteroatoms. The Labute approximate surface area is 127 Å². The highest BCUT2D eigenvalue weighted by Crippen LogP contribution is 2.35. The minimum absolute atomic E-state index is 0.541. The first-order chi connectivity index (χ1) is 10.1. The maximum Gasteiger partial charge on any atom is 0.0317 e. The van der Waals surface area contributed by atoms with Crippen LogP contribution in [0.5, 0.6) is 0 Å². The zero-order valence-corrected chi connectivity index (χ0v) is 12.9. The minimum Gasteiger partial charge on any atom is -0.399 e. The van der Waals surface area contributed by atoms with Crippen molar-refractivity contribution in [3.63, 3.8) is 0 Å². The van der Waals surface area contributed by atoms with Crippen molar-refractivity contribution < 1.29 is 0 Å². The van der Waals surface area contributed by atoms with Gasteiger partial charge >= 0.3 is 0 Å². The second-order valence-corrected chi connectivity index (χ2v) is 6.37. The molecule has 1 unspecified atom stereocenters. The Morgan fingerprint density at radius 1 is 1.14 bits per heavy atom. The molecule has 0 saturated heterocycles. The van der Waals surface area contributed by atoms with E-state index in [0.29, 0.717) is 12.0 Å². The van der Waals surface area contributed by atoms with Crippen LogP contribution in [0.1, 0.15) is 36.5 Å². The fourth-order valence-corrected chi connectivity index (χ4v) is 3.19. The molecule has 0 saturated carbocycles. The summed E-state index contributed by atoms with van der Waals surface area (Å²) in [5.41, 5.74) is 11.1. The summed E-state index contributed by atoms with van der Waals surface area (Å²) in [6.07, 6.45) is 1.22. The van der Waals surface area contributed by atoms with Crippen molar-refractivity contribution in [1.29, 1.82) is 0 Å². The highest BCUT2D eigenvalue weighted by molar-refractivity contribution is 5.41. The molecule has 0 heterocycles. The van der Waals surface area contributed by atoms with Gasteiger partial charge in [0.05, 0.1) is 0 Å². The third-order valence-electron chi connectivity index (χ3n) is 4.48. The number of nitrogens with zero attached hydrogens (tertiary/aromatic N) is 1. The molecule has 0 bridgehead atoms. The number of nitrogens with two attached hydrogens (primary N) is 1. The monoisotopic (exact) mass is 280 g/mol. The lowest BCUT2D eigenvalue weighted by atomic mass is 9.77. The molecule has 0 spiro atoms. The molecule has 2 N–H and O–H groups in total.